The molecule has 1 aliphatic rings. The Morgan fingerprint density at radius 1 is 1.06 bits per heavy atom. The smallest absolute Gasteiger partial charge is 0.258 e. The van der Waals surface area contributed by atoms with Gasteiger partial charge in [-0.1, -0.05) is 23.8 Å². The van der Waals surface area contributed by atoms with Gasteiger partial charge in [0.2, 0.25) is 20.0 Å². The molecule has 0 spiro atoms. The number of hydrogen-bond acceptors (Lipinski definition) is 6. The van der Waals surface area contributed by atoms with Crippen molar-refractivity contribution in [1.29, 1.82) is 0 Å². The fraction of sp³-hybridized carbons (Fsp3) is 0.300. The van der Waals surface area contributed by atoms with E-state index in [4.69, 9.17) is 0 Å². The maximum atomic E-state index is 13.4. The Morgan fingerprint density at radius 2 is 1.72 bits per heavy atom. The standard InChI is InChI=1S/C20H22FN3O6S2/c1-22(2)31(27,28)18-6-7-20(19(14-18)24(25)26)32(29,30)23-10-8-15(9-11-23)12-16-4-3-5-17(21)13-16/h3-7,12-14H,8-11H2,1-2H3. The molecule has 0 unspecified atom stereocenters. The quantitative estimate of drug-likeness (QED) is 0.461. The summed E-state index contributed by atoms with van der Waals surface area (Å²) in [5.74, 6) is -0.369. The van der Waals surface area contributed by atoms with Crippen LogP contribution in [0.4, 0.5) is 10.1 Å². The number of nitro benzene ring substituents is 1. The molecule has 0 amide bonds. The highest BCUT2D eigenvalue weighted by Gasteiger charge is 2.34. The molecule has 0 bridgehead atoms. The van der Waals surface area contributed by atoms with Crippen LogP contribution < -0.4 is 0 Å². The Bertz CT molecular complexity index is 1280. The van der Waals surface area contributed by atoms with Gasteiger partial charge in [-0.15, -0.1) is 0 Å². The van der Waals surface area contributed by atoms with Crippen molar-refractivity contribution in [2.24, 2.45) is 0 Å². The van der Waals surface area contributed by atoms with E-state index in [1.807, 2.05) is 0 Å². The largest absolute Gasteiger partial charge is 0.290 e. The molecule has 0 aliphatic carbocycles. The predicted molar refractivity (Wildman–Crippen MR) is 116 cm³/mol. The lowest BCUT2D eigenvalue weighted by Crippen LogP contribution is -2.36. The van der Waals surface area contributed by atoms with E-state index in [1.165, 1.54) is 26.2 Å². The van der Waals surface area contributed by atoms with Gasteiger partial charge < -0.3 is 0 Å². The van der Waals surface area contributed by atoms with Gasteiger partial charge in [0.15, 0.2) is 4.90 Å². The van der Waals surface area contributed by atoms with Crippen molar-refractivity contribution in [3.63, 3.8) is 0 Å². The van der Waals surface area contributed by atoms with E-state index in [0.29, 0.717) is 18.4 Å². The van der Waals surface area contributed by atoms with Crippen LogP contribution >= 0.6 is 0 Å². The lowest BCUT2D eigenvalue weighted by Gasteiger charge is -2.27. The Kier molecular flexibility index (Phi) is 6.79. The van der Waals surface area contributed by atoms with E-state index >= 15 is 0 Å². The molecule has 1 aliphatic heterocycles. The molecule has 3 rings (SSSR count). The van der Waals surface area contributed by atoms with Gasteiger partial charge >= 0.3 is 0 Å². The number of sulfonamides is 2. The molecular formula is C20H22FN3O6S2. The van der Waals surface area contributed by atoms with Crippen LogP contribution in [0.2, 0.25) is 0 Å². The zero-order chi connectivity index (χ0) is 23.7. The predicted octanol–water partition coefficient (Wildman–Crippen LogP) is 2.85. The first-order chi connectivity index (χ1) is 14.9. The SMILES string of the molecule is CN(C)S(=O)(=O)c1ccc(S(=O)(=O)N2CCC(=Cc3cccc(F)c3)CC2)c([N+](=O)[O-])c1. The Morgan fingerprint density at radius 3 is 2.28 bits per heavy atom. The zero-order valence-electron chi connectivity index (χ0n) is 17.4. The molecule has 0 aromatic heterocycles. The summed E-state index contributed by atoms with van der Waals surface area (Å²) in [4.78, 5) is 9.73. The van der Waals surface area contributed by atoms with Gasteiger partial charge in [-0.05, 0) is 42.7 Å². The highest BCUT2D eigenvalue weighted by atomic mass is 32.2. The van der Waals surface area contributed by atoms with Crippen molar-refractivity contribution in [3.8, 4) is 0 Å². The van der Waals surface area contributed by atoms with Crippen LogP contribution in [0, 0.1) is 15.9 Å². The summed E-state index contributed by atoms with van der Waals surface area (Å²) >= 11 is 0. The maximum Gasteiger partial charge on any atom is 0.290 e. The van der Waals surface area contributed by atoms with Crippen molar-refractivity contribution in [2.45, 2.75) is 22.6 Å². The average Bonchev–Trinajstić information content (AvgIpc) is 2.73. The first-order valence-electron chi connectivity index (χ1n) is 9.59. The molecule has 2 aromatic carbocycles. The monoisotopic (exact) mass is 483 g/mol. The molecule has 0 N–H and O–H groups in total. The summed E-state index contributed by atoms with van der Waals surface area (Å²) in [5, 5.41) is 11.6. The number of halogens is 1. The highest BCUT2D eigenvalue weighted by molar-refractivity contribution is 7.89. The molecule has 1 saturated heterocycles. The summed E-state index contributed by atoms with van der Waals surface area (Å²) in [6, 6.07) is 8.81. The fourth-order valence-electron chi connectivity index (χ4n) is 3.36. The number of nitrogens with zero attached hydrogens (tertiary/aromatic N) is 3. The number of rotatable bonds is 6. The second kappa shape index (κ2) is 9.06. The first kappa shape index (κ1) is 24.0. The lowest BCUT2D eigenvalue weighted by atomic mass is 10.0. The van der Waals surface area contributed by atoms with Gasteiger partial charge in [-0.2, -0.15) is 4.31 Å². The summed E-state index contributed by atoms with van der Waals surface area (Å²) in [5.41, 5.74) is 0.808. The second-order valence-electron chi connectivity index (χ2n) is 7.44. The van der Waals surface area contributed by atoms with E-state index in [9.17, 15) is 31.3 Å². The topological polar surface area (TPSA) is 118 Å². The first-order valence-corrected chi connectivity index (χ1v) is 12.5. The van der Waals surface area contributed by atoms with Crippen molar-refractivity contribution < 1.29 is 26.1 Å². The molecule has 0 saturated carbocycles. The normalized spacial score (nSPS) is 15.7. The van der Waals surface area contributed by atoms with Gasteiger partial charge in [0.05, 0.1) is 9.82 Å². The van der Waals surface area contributed by atoms with E-state index in [2.05, 4.69) is 0 Å². The van der Waals surface area contributed by atoms with Crippen LogP contribution in [0.5, 0.6) is 0 Å². The maximum absolute atomic E-state index is 13.4. The number of piperidine rings is 1. The minimum Gasteiger partial charge on any atom is -0.258 e. The van der Waals surface area contributed by atoms with Crippen LogP contribution in [0.3, 0.4) is 0 Å². The van der Waals surface area contributed by atoms with Gasteiger partial charge in [0, 0.05) is 33.3 Å². The van der Waals surface area contributed by atoms with E-state index in [0.717, 1.165) is 32.4 Å². The van der Waals surface area contributed by atoms with Gasteiger partial charge in [0.25, 0.3) is 5.69 Å². The van der Waals surface area contributed by atoms with Crippen molar-refractivity contribution >= 4 is 31.8 Å². The van der Waals surface area contributed by atoms with E-state index in [1.54, 1.807) is 18.2 Å². The summed E-state index contributed by atoms with van der Waals surface area (Å²) in [7, 11) is -5.66. The molecule has 1 fully saturated rings. The Hall–Kier alpha value is -2.67. The van der Waals surface area contributed by atoms with Gasteiger partial charge in [0.1, 0.15) is 5.82 Å². The summed E-state index contributed by atoms with van der Waals surface area (Å²) < 4.78 is 66.2. The zero-order valence-corrected chi connectivity index (χ0v) is 19.1. The van der Waals surface area contributed by atoms with E-state index in [-0.39, 0.29) is 23.8 Å². The summed E-state index contributed by atoms with van der Waals surface area (Å²) in [6.07, 6.45) is 2.57. The van der Waals surface area contributed by atoms with Crippen molar-refractivity contribution in [3.05, 3.63) is 69.5 Å². The summed E-state index contributed by atoms with van der Waals surface area (Å²) in [6.45, 7) is 0.191. The molecule has 0 radical (unpaired) electrons. The van der Waals surface area contributed by atoms with Crippen molar-refractivity contribution in [1.82, 2.24) is 8.61 Å². The Balaban J connectivity index is 1.88. The van der Waals surface area contributed by atoms with Crippen LogP contribution in [0.1, 0.15) is 18.4 Å². The minimum absolute atomic E-state index is 0.0956. The van der Waals surface area contributed by atoms with Crippen molar-refractivity contribution in [2.75, 3.05) is 27.2 Å². The van der Waals surface area contributed by atoms with Crippen LogP contribution in [0.25, 0.3) is 6.08 Å². The molecule has 9 nitrogen and oxygen atoms in total. The third-order valence-electron chi connectivity index (χ3n) is 5.11. The van der Waals surface area contributed by atoms with Gasteiger partial charge in [-0.3, -0.25) is 10.1 Å². The molecule has 2 aromatic rings. The molecule has 1 heterocycles. The molecule has 172 valence electrons. The number of hydrogen-bond donors (Lipinski definition) is 0. The third kappa shape index (κ3) is 4.88. The van der Waals surface area contributed by atoms with Crippen LogP contribution in [-0.4, -0.2) is 57.6 Å². The highest BCUT2D eigenvalue weighted by Crippen LogP contribution is 2.32. The second-order valence-corrected chi connectivity index (χ2v) is 11.5. The molecule has 12 heteroatoms. The molecule has 0 atom stereocenters. The lowest BCUT2D eigenvalue weighted by molar-refractivity contribution is -0.388. The Labute approximate surface area is 186 Å². The third-order valence-corrected chi connectivity index (χ3v) is 8.86. The number of nitro groups is 1. The molecule has 32 heavy (non-hydrogen) atoms. The van der Waals surface area contributed by atoms with Gasteiger partial charge in [-0.25, -0.2) is 25.5 Å². The van der Waals surface area contributed by atoms with E-state index < -0.39 is 35.6 Å². The fourth-order valence-corrected chi connectivity index (χ4v) is 5.86. The van der Waals surface area contributed by atoms with Crippen LogP contribution in [0.15, 0.2) is 57.8 Å². The van der Waals surface area contributed by atoms with Crippen LogP contribution in [-0.2, 0) is 20.0 Å². The average molecular weight is 484 g/mol. The number of benzene rings is 2. The minimum atomic E-state index is -4.23. The molecular weight excluding hydrogens is 461 g/mol.